The van der Waals surface area contributed by atoms with Crippen LogP contribution < -0.4 is 10.1 Å². The third-order valence-corrected chi connectivity index (χ3v) is 5.82. The number of rotatable bonds is 8. The van der Waals surface area contributed by atoms with Crippen molar-refractivity contribution < 1.29 is 14.3 Å². The number of hydrogen-bond donors (Lipinski definition) is 1. The van der Waals surface area contributed by atoms with E-state index < -0.39 is 0 Å². The van der Waals surface area contributed by atoms with E-state index in [1.54, 1.807) is 4.90 Å². The molecule has 1 unspecified atom stereocenters. The van der Waals surface area contributed by atoms with Crippen LogP contribution in [0.5, 0.6) is 5.75 Å². The minimum Gasteiger partial charge on any atom is -0.494 e. The van der Waals surface area contributed by atoms with E-state index in [9.17, 15) is 9.59 Å². The molecule has 150 valence electrons. The summed E-state index contributed by atoms with van der Waals surface area (Å²) in [5, 5.41) is 4.90. The highest BCUT2D eigenvalue weighted by Crippen LogP contribution is 2.22. The maximum Gasteiger partial charge on any atom is 0.264 e. The molecular formula is C22H28N2O3S. The van der Waals surface area contributed by atoms with Gasteiger partial charge in [0.1, 0.15) is 11.8 Å². The van der Waals surface area contributed by atoms with Crippen LogP contribution in [-0.2, 0) is 4.79 Å². The fourth-order valence-electron chi connectivity index (χ4n) is 3.37. The van der Waals surface area contributed by atoms with Crippen molar-refractivity contribution in [2.24, 2.45) is 0 Å². The third kappa shape index (κ3) is 5.58. The lowest BCUT2D eigenvalue weighted by atomic mass is 10.0. The van der Waals surface area contributed by atoms with Crippen molar-refractivity contribution in [2.45, 2.75) is 45.1 Å². The number of unbranched alkanes of at least 4 members (excludes halogenated alkanes) is 1. The van der Waals surface area contributed by atoms with Crippen LogP contribution in [0.3, 0.4) is 0 Å². The molecule has 1 atom stereocenters. The second-order valence-corrected chi connectivity index (χ2v) is 8.09. The van der Waals surface area contributed by atoms with Gasteiger partial charge in [-0.15, -0.1) is 11.3 Å². The molecule has 0 spiro atoms. The zero-order chi connectivity index (χ0) is 19.8. The van der Waals surface area contributed by atoms with Gasteiger partial charge < -0.3 is 15.0 Å². The molecule has 1 aromatic heterocycles. The molecule has 3 rings (SSSR count). The molecular weight excluding hydrogens is 372 g/mol. The van der Waals surface area contributed by atoms with E-state index in [4.69, 9.17) is 4.74 Å². The Morgan fingerprint density at radius 2 is 2.00 bits per heavy atom. The molecule has 1 aliphatic rings. The Kier molecular flexibility index (Phi) is 7.48. The van der Waals surface area contributed by atoms with Gasteiger partial charge in [-0.2, -0.15) is 0 Å². The quantitative estimate of drug-likeness (QED) is 0.681. The van der Waals surface area contributed by atoms with Crippen LogP contribution >= 0.6 is 11.3 Å². The summed E-state index contributed by atoms with van der Waals surface area (Å²) in [6.45, 7) is 3.94. The summed E-state index contributed by atoms with van der Waals surface area (Å²) >= 11 is 1.43. The largest absolute Gasteiger partial charge is 0.494 e. The van der Waals surface area contributed by atoms with E-state index in [1.807, 2.05) is 48.7 Å². The van der Waals surface area contributed by atoms with Crippen LogP contribution in [0, 0.1) is 6.92 Å². The first kappa shape index (κ1) is 20.4. The number of carbonyl (C=O) groups is 2. The molecule has 28 heavy (non-hydrogen) atoms. The molecule has 1 fully saturated rings. The summed E-state index contributed by atoms with van der Waals surface area (Å²) in [5.41, 5.74) is 1.21. The van der Waals surface area contributed by atoms with E-state index in [-0.39, 0.29) is 17.9 Å². The first-order chi connectivity index (χ1) is 13.6. The van der Waals surface area contributed by atoms with E-state index in [1.165, 1.54) is 16.9 Å². The number of thiophene rings is 1. The highest BCUT2D eigenvalue weighted by atomic mass is 32.1. The number of nitrogens with zero attached hydrogens (tertiary/aromatic N) is 1. The van der Waals surface area contributed by atoms with Crippen molar-refractivity contribution in [3.05, 3.63) is 52.2 Å². The number of nitrogens with one attached hydrogen (secondary N) is 1. The van der Waals surface area contributed by atoms with Gasteiger partial charge in [-0.25, -0.2) is 0 Å². The van der Waals surface area contributed by atoms with Crippen LogP contribution in [0.4, 0.5) is 0 Å². The number of amides is 2. The maximum atomic E-state index is 12.7. The molecule has 5 nitrogen and oxygen atoms in total. The normalized spacial score (nSPS) is 16.6. The second kappa shape index (κ2) is 10.3. The zero-order valence-electron chi connectivity index (χ0n) is 16.4. The minimum atomic E-state index is -0.354. The van der Waals surface area contributed by atoms with Crippen LogP contribution in [0.15, 0.2) is 41.8 Å². The molecule has 0 saturated carbocycles. The van der Waals surface area contributed by atoms with Crippen LogP contribution in [-0.4, -0.2) is 42.5 Å². The molecule has 1 aromatic carbocycles. The van der Waals surface area contributed by atoms with Crippen LogP contribution in [0.1, 0.15) is 47.3 Å². The maximum absolute atomic E-state index is 12.7. The van der Waals surface area contributed by atoms with E-state index in [2.05, 4.69) is 5.32 Å². The first-order valence-electron chi connectivity index (χ1n) is 9.97. The fourth-order valence-corrected chi connectivity index (χ4v) is 4.05. The van der Waals surface area contributed by atoms with Crippen molar-refractivity contribution in [2.75, 3.05) is 19.7 Å². The molecule has 2 heterocycles. The highest BCUT2D eigenvalue weighted by Gasteiger charge is 2.32. The fraction of sp³-hybridized carbons (Fsp3) is 0.455. The van der Waals surface area contributed by atoms with Crippen LogP contribution in [0.25, 0.3) is 0 Å². The van der Waals surface area contributed by atoms with Crippen molar-refractivity contribution in [1.82, 2.24) is 10.2 Å². The standard InChI is InChI=1S/C22H28N2O3S/c1-17-9-11-18(12-10-17)27-15-5-3-13-23-21(25)19-7-2-4-14-24(19)22(26)20-8-6-16-28-20/h6,8-12,16,19H,2-5,7,13-15H2,1H3,(H,23,25). The van der Waals surface area contributed by atoms with Crippen molar-refractivity contribution in [3.63, 3.8) is 0 Å². The third-order valence-electron chi connectivity index (χ3n) is 4.96. The number of aryl methyl sites for hydroxylation is 1. The number of piperidine rings is 1. The van der Waals surface area contributed by atoms with E-state index in [0.29, 0.717) is 24.6 Å². The topological polar surface area (TPSA) is 58.6 Å². The Hall–Kier alpha value is -2.34. The average Bonchev–Trinajstić information content (AvgIpc) is 3.26. The monoisotopic (exact) mass is 400 g/mol. The summed E-state index contributed by atoms with van der Waals surface area (Å²) in [6.07, 6.45) is 4.40. The van der Waals surface area contributed by atoms with Gasteiger partial charge in [-0.3, -0.25) is 9.59 Å². The predicted octanol–water partition coefficient (Wildman–Crippen LogP) is 4.03. The van der Waals surface area contributed by atoms with Crippen LogP contribution in [0.2, 0.25) is 0 Å². The summed E-state index contributed by atoms with van der Waals surface area (Å²) in [5.74, 6) is 0.810. The van der Waals surface area contributed by atoms with Gasteiger partial charge >= 0.3 is 0 Å². The molecule has 0 radical (unpaired) electrons. The van der Waals surface area contributed by atoms with Gasteiger partial charge in [0, 0.05) is 13.1 Å². The van der Waals surface area contributed by atoms with E-state index >= 15 is 0 Å². The summed E-state index contributed by atoms with van der Waals surface area (Å²) in [4.78, 5) is 27.8. The molecule has 2 aromatic rings. The smallest absolute Gasteiger partial charge is 0.264 e. The van der Waals surface area contributed by atoms with Crippen molar-refractivity contribution in [3.8, 4) is 5.75 Å². The zero-order valence-corrected chi connectivity index (χ0v) is 17.2. The second-order valence-electron chi connectivity index (χ2n) is 7.15. The molecule has 1 N–H and O–H groups in total. The van der Waals surface area contributed by atoms with Gasteiger partial charge in [-0.05, 0) is 62.6 Å². The lowest BCUT2D eigenvalue weighted by molar-refractivity contribution is -0.126. The molecule has 0 bridgehead atoms. The Morgan fingerprint density at radius 3 is 2.75 bits per heavy atom. The average molecular weight is 401 g/mol. The predicted molar refractivity (Wildman–Crippen MR) is 112 cm³/mol. The lowest BCUT2D eigenvalue weighted by Crippen LogP contribution is -2.51. The van der Waals surface area contributed by atoms with Gasteiger partial charge in [0.2, 0.25) is 5.91 Å². The van der Waals surface area contributed by atoms with Gasteiger partial charge in [-0.1, -0.05) is 23.8 Å². The molecule has 1 saturated heterocycles. The highest BCUT2D eigenvalue weighted by molar-refractivity contribution is 7.12. The Morgan fingerprint density at radius 1 is 1.18 bits per heavy atom. The van der Waals surface area contributed by atoms with Gasteiger partial charge in [0.05, 0.1) is 11.5 Å². The van der Waals surface area contributed by atoms with Crippen molar-refractivity contribution in [1.29, 1.82) is 0 Å². The summed E-state index contributed by atoms with van der Waals surface area (Å²) < 4.78 is 5.71. The van der Waals surface area contributed by atoms with Gasteiger partial charge in [0.25, 0.3) is 5.91 Å². The minimum absolute atomic E-state index is 0.0265. The Bertz CT molecular complexity index is 759. The SMILES string of the molecule is Cc1ccc(OCCCCNC(=O)C2CCCCN2C(=O)c2cccs2)cc1. The van der Waals surface area contributed by atoms with Crippen molar-refractivity contribution >= 4 is 23.2 Å². The number of benzene rings is 1. The Balaban J connectivity index is 1.39. The Labute approximate surface area is 170 Å². The summed E-state index contributed by atoms with van der Waals surface area (Å²) in [7, 11) is 0. The number of hydrogen-bond acceptors (Lipinski definition) is 4. The first-order valence-corrected chi connectivity index (χ1v) is 10.8. The summed E-state index contributed by atoms with van der Waals surface area (Å²) in [6, 6.07) is 11.3. The molecule has 0 aliphatic carbocycles. The number of carbonyl (C=O) groups excluding carboxylic acids is 2. The number of likely N-dealkylation sites (tertiary alicyclic amines) is 1. The number of ether oxygens (including phenoxy) is 1. The lowest BCUT2D eigenvalue weighted by Gasteiger charge is -2.34. The van der Waals surface area contributed by atoms with E-state index in [0.717, 1.165) is 37.9 Å². The van der Waals surface area contributed by atoms with Gasteiger partial charge in [0.15, 0.2) is 0 Å². The molecule has 6 heteroatoms. The molecule has 2 amide bonds. The molecule has 1 aliphatic heterocycles.